The molecule has 2 heterocycles. The highest BCUT2D eigenvalue weighted by molar-refractivity contribution is 7.19. The maximum absolute atomic E-state index is 11.6. The number of ether oxygens (including phenoxy) is 2. The largest absolute Gasteiger partial charge is 0.489 e. The van der Waals surface area contributed by atoms with Gasteiger partial charge in [0.05, 0.1) is 36.1 Å². The lowest BCUT2D eigenvalue weighted by Crippen LogP contribution is -2.07. The molecule has 0 atom stereocenters. The average Bonchev–Trinajstić information content (AvgIpc) is 3.94. The zero-order valence-electron chi connectivity index (χ0n) is 33.5. The van der Waals surface area contributed by atoms with Crippen LogP contribution in [0.1, 0.15) is 96.5 Å². The van der Waals surface area contributed by atoms with Gasteiger partial charge in [-0.2, -0.15) is 14.0 Å². The highest BCUT2D eigenvalue weighted by Gasteiger charge is 2.29. The van der Waals surface area contributed by atoms with E-state index in [0.717, 1.165) is 80.9 Å². The summed E-state index contributed by atoms with van der Waals surface area (Å²) in [4.78, 5) is 14.9. The molecule has 8 nitrogen and oxygen atoms in total. The molecule has 0 bridgehead atoms. The maximum Gasteiger partial charge on any atom is 0.346 e. The Morgan fingerprint density at radius 2 is 1.21 bits per heavy atom. The summed E-state index contributed by atoms with van der Waals surface area (Å²) in [6.45, 7) is 5.51. The van der Waals surface area contributed by atoms with Crippen LogP contribution in [0.3, 0.4) is 0 Å². The fraction of sp³-hybridized carbons (Fsp3) is 0.333. The summed E-state index contributed by atoms with van der Waals surface area (Å²) in [5.41, 5.74) is 6.35. The summed E-state index contributed by atoms with van der Waals surface area (Å²) in [5, 5.41) is 19.9. The standard InChI is InChI=1S/C48H52N4O4S2/c1-3-5-7-9-11-19-31-55-46-42(36-27-25-35(26-28-36)33-37(34-49)48(53)54)44-45(51-58-50-44)43(47(46)56-32-20-12-10-8-6-4-2)40-29-30-41(57-40)52(38-21-15-13-16-22-38)39-23-17-14-18-24-39/h13-18,21-30,33H,3-12,19-20,31-32H2,1-2H3,(H,53,54)/b37-33+. The molecule has 0 saturated heterocycles. The number of carboxylic acids is 1. The monoisotopic (exact) mass is 812 g/mol. The molecule has 0 aliphatic carbocycles. The minimum absolute atomic E-state index is 0.329. The predicted octanol–water partition coefficient (Wildman–Crippen LogP) is 14.0. The van der Waals surface area contributed by atoms with Gasteiger partial charge in [-0.25, -0.2) is 4.79 Å². The van der Waals surface area contributed by atoms with Crippen molar-refractivity contribution < 1.29 is 19.4 Å². The van der Waals surface area contributed by atoms with Gasteiger partial charge in [0.1, 0.15) is 27.7 Å². The molecule has 6 aromatic rings. The molecule has 0 fully saturated rings. The van der Waals surface area contributed by atoms with Crippen LogP contribution >= 0.6 is 23.1 Å². The number of para-hydroxylation sites is 2. The lowest BCUT2D eigenvalue weighted by molar-refractivity contribution is -0.132. The van der Waals surface area contributed by atoms with Crippen molar-refractivity contribution in [1.82, 2.24) is 8.75 Å². The number of carbonyl (C=O) groups is 1. The van der Waals surface area contributed by atoms with Crippen LogP contribution < -0.4 is 14.4 Å². The molecule has 0 aliphatic rings. The van der Waals surface area contributed by atoms with Crippen molar-refractivity contribution in [2.75, 3.05) is 18.1 Å². The van der Waals surface area contributed by atoms with Crippen molar-refractivity contribution in [2.24, 2.45) is 0 Å². The number of aromatic nitrogens is 2. The van der Waals surface area contributed by atoms with Gasteiger partial charge in [0, 0.05) is 16.3 Å². The Morgan fingerprint density at radius 3 is 1.74 bits per heavy atom. The molecule has 0 spiro atoms. The Labute approximate surface area is 350 Å². The molecule has 300 valence electrons. The van der Waals surface area contributed by atoms with Crippen LogP contribution in [0.5, 0.6) is 11.5 Å². The van der Waals surface area contributed by atoms with Gasteiger partial charge in [-0.1, -0.05) is 139 Å². The highest BCUT2D eigenvalue weighted by atomic mass is 32.1. The number of carboxylic acid groups (broad SMARTS) is 1. The molecule has 0 unspecified atom stereocenters. The van der Waals surface area contributed by atoms with Crippen LogP contribution in [-0.4, -0.2) is 33.0 Å². The maximum atomic E-state index is 11.6. The average molecular weight is 813 g/mol. The SMILES string of the molecule is CCCCCCCCOc1c(OCCCCCCCC)c(-c2ccc(N(c3ccccc3)c3ccccc3)s2)c2nsnc2c1-c1ccc(/C=C(\C#N)C(=O)O)cc1. The van der Waals surface area contributed by atoms with Gasteiger partial charge < -0.3 is 19.5 Å². The van der Waals surface area contributed by atoms with Crippen LogP contribution in [-0.2, 0) is 4.79 Å². The second-order valence-corrected chi connectivity index (χ2v) is 15.9. The number of nitriles is 1. The number of unbranched alkanes of at least 4 members (excludes halogenated alkanes) is 10. The number of fused-ring (bicyclic) bond motifs is 1. The van der Waals surface area contributed by atoms with Gasteiger partial charge >= 0.3 is 5.97 Å². The summed E-state index contributed by atoms with van der Waals surface area (Å²) in [6.07, 6.45) is 15.0. The summed E-state index contributed by atoms with van der Waals surface area (Å²) < 4.78 is 23.7. The number of nitrogens with zero attached hydrogens (tertiary/aromatic N) is 4. The van der Waals surface area contributed by atoms with Gasteiger partial charge in [0.25, 0.3) is 0 Å². The number of hydrogen-bond acceptors (Lipinski definition) is 9. The van der Waals surface area contributed by atoms with Crippen LogP contribution in [0.25, 0.3) is 38.7 Å². The minimum Gasteiger partial charge on any atom is -0.489 e. The topological polar surface area (TPSA) is 109 Å². The second kappa shape index (κ2) is 21.9. The van der Waals surface area contributed by atoms with Crippen molar-refractivity contribution >= 4 is 62.5 Å². The van der Waals surface area contributed by atoms with Crippen molar-refractivity contribution in [3.05, 3.63) is 108 Å². The van der Waals surface area contributed by atoms with Crippen molar-refractivity contribution in [3.63, 3.8) is 0 Å². The Hall–Kier alpha value is -5.50. The van der Waals surface area contributed by atoms with E-state index in [1.54, 1.807) is 17.4 Å². The minimum atomic E-state index is -1.26. The van der Waals surface area contributed by atoms with Crippen LogP contribution in [0.15, 0.2) is 103 Å². The number of anilines is 3. The molecule has 10 heteroatoms. The number of hydrogen-bond donors (Lipinski definition) is 1. The van der Waals surface area contributed by atoms with Gasteiger partial charge in [-0.05, 0) is 66.4 Å². The predicted molar refractivity (Wildman–Crippen MR) is 240 cm³/mol. The fourth-order valence-electron chi connectivity index (χ4n) is 7.04. The summed E-state index contributed by atoms with van der Waals surface area (Å²) in [6, 6.07) is 34.3. The third-order valence-electron chi connectivity index (χ3n) is 10.1. The van der Waals surface area contributed by atoms with Gasteiger partial charge in [-0.3, -0.25) is 0 Å². The molecule has 0 saturated carbocycles. The third-order valence-corrected chi connectivity index (χ3v) is 11.7. The van der Waals surface area contributed by atoms with Crippen molar-refractivity contribution in [2.45, 2.75) is 90.9 Å². The molecular weight excluding hydrogens is 761 g/mol. The lowest BCUT2D eigenvalue weighted by atomic mass is 9.97. The van der Waals surface area contributed by atoms with Gasteiger partial charge in [0.2, 0.25) is 0 Å². The number of rotatable bonds is 23. The van der Waals surface area contributed by atoms with Gasteiger partial charge in [0.15, 0.2) is 11.5 Å². The van der Waals surface area contributed by atoms with E-state index in [1.165, 1.54) is 57.4 Å². The van der Waals surface area contributed by atoms with E-state index in [4.69, 9.17) is 18.2 Å². The molecular formula is C48H52N4O4S2. The second-order valence-electron chi connectivity index (χ2n) is 14.3. The number of benzene rings is 4. The Morgan fingerprint density at radius 1 is 0.690 bits per heavy atom. The normalized spacial score (nSPS) is 11.4. The molecule has 0 aliphatic heterocycles. The van der Waals surface area contributed by atoms with E-state index in [-0.39, 0.29) is 5.57 Å². The fourth-order valence-corrected chi connectivity index (χ4v) is 8.69. The lowest BCUT2D eigenvalue weighted by Gasteiger charge is -2.23. The first kappa shape index (κ1) is 42.1. The van der Waals surface area contributed by atoms with E-state index in [1.807, 2.05) is 36.4 Å². The first-order valence-corrected chi connectivity index (χ1v) is 22.1. The van der Waals surface area contributed by atoms with E-state index >= 15 is 0 Å². The zero-order valence-corrected chi connectivity index (χ0v) is 35.1. The molecule has 0 amide bonds. The van der Waals surface area contributed by atoms with Crippen molar-refractivity contribution in [3.8, 4) is 39.1 Å². The van der Waals surface area contributed by atoms with E-state index in [9.17, 15) is 15.2 Å². The Kier molecular flexibility index (Phi) is 15.9. The van der Waals surface area contributed by atoms with Crippen LogP contribution in [0, 0.1) is 11.3 Å². The first-order chi connectivity index (χ1) is 28.5. The molecule has 58 heavy (non-hydrogen) atoms. The van der Waals surface area contributed by atoms with E-state index in [0.29, 0.717) is 35.8 Å². The van der Waals surface area contributed by atoms with Crippen molar-refractivity contribution in [1.29, 1.82) is 5.26 Å². The quantitative estimate of drug-likeness (QED) is 0.0387. The molecule has 6 rings (SSSR count). The molecule has 1 N–H and O–H groups in total. The number of aliphatic carboxylic acids is 1. The smallest absolute Gasteiger partial charge is 0.346 e. The molecule has 0 radical (unpaired) electrons. The van der Waals surface area contributed by atoms with Gasteiger partial charge in [-0.15, -0.1) is 11.3 Å². The van der Waals surface area contributed by atoms with E-state index in [2.05, 4.69) is 79.4 Å². The van der Waals surface area contributed by atoms with Crippen LogP contribution in [0.4, 0.5) is 16.4 Å². The van der Waals surface area contributed by atoms with Crippen LogP contribution in [0.2, 0.25) is 0 Å². The molecule has 4 aromatic carbocycles. The number of thiophene rings is 1. The van der Waals surface area contributed by atoms with E-state index < -0.39 is 5.97 Å². The summed E-state index contributed by atoms with van der Waals surface area (Å²) >= 11 is 2.84. The summed E-state index contributed by atoms with van der Waals surface area (Å²) in [5.74, 6) is 0.0392. The zero-order chi connectivity index (χ0) is 40.5. The third kappa shape index (κ3) is 10.7. The summed E-state index contributed by atoms with van der Waals surface area (Å²) in [7, 11) is 0. The highest BCUT2D eigenvalue weighted by Crippen LogP contribution is 2.53. The Bertz CT molecular complexity index is 2240. The Balaban J connectivity index is 1.48. The molecule has 2 aromatic heterocycles. The first-order valence-electron chi connectivity index (χ1n) is 20.6.